The molecular formula is C15H12O2. The van der Waals surface area contributed by atoms with Gasteiger partial charge in [-0.3, -0.25) is 0 Å². The summed E-state index contributed by atoms with van der Waals surface area (Å²) in [5.41, 5.74) is 2.49. The summed E-state index contributed by atoms with van der Waals surface area (Å²) in [6, 6.07) is 12.1. The predicted molar refractivity (Wildman–Crippen MR) is 67.9 cm³/mol. The van der Waals surface area contributed by atoms with Crippen molar-refractivity contribution in [1.29, 1.82) is 0 Å². The molecule has 1 N–H and O–H groups in total. The van der Waals surface area contributed by atoms with E-state index in [9.17, 15) is 9.90 Å². The fourth-order valence-corrected chi connectivity index (χ4v) is 2.53. The highest BCUT2D eigenvalue weighted by atomic mass is 16.4. The van der Waals surface area contributed by atoms with E-state index in [0.29, 0.717) is 5.57 Å². The highest BCUT2D eigenvalue weighted by Gasteiger charge is 2.19. The average Bonchev–Trinajstić information content (AvgIpc) is 2.37. The summed E-state index contributed by atoms with van der Waals surface area (Å²) in [6.45, 7) is 0. The Morgan fingerprint density at radius 1 is 1.12 bits per heavy atom. The summed E-state index contributed by atoms with van der Waals surface area (Å²) in [7, 11) is 0. The van der Waals surface area contributed by atoms with Crippen LogP contribution < -0.4 is 0 Å². The van der Waals surface area contributed by atoms with Crippen LogP contribution in [0.1, 0.15) is 17.5 Å². The van der Waals surface area contributed by atoms with E-state index in [1.165, 1.54) is 16.3 Å². The van der Waals surface area contributed by atoms with E-state index < -0.39 is 5.97 Å². The molecule has 2 nitrogen and oxygen atoms in total. The number of benzene rings is 2. The topological polar surface area (TPSA) is 37.3 Å². The number of aliphatic carboxylic acids is 1. The minimum atomic E-state index is -0.832. The van der Waals surface area contributed by atoms with Gasteiger partial charge in [-0.2, -0.15) is 0 Å². The molecule has 2 aromatic rings. The number of rotatable bonds is 1. The smallest absolute Gasteiger partial charge is 0.335 e. The number of fused-ring (bicyclic) bond motifs is 3. The third kappa shape index (κ3) is 1.53. The Morgan fingerprint density at radius 3 is 2.76 bits per heavy atom. The number of carboxylic acid groups (broad SMARTS) is 1. The zero-order valence-corrected chi connectivity index (χ0v) is 9.31. The average molecular weight is 224 g/mol. The second-order valence-electron chi connectivity index (χ2n) is 4.27. The Morgan fingerprint density at radius 2 is 1.94 bits per heavy atom. The van der Waals surface area contributed by atoms with Crippen LogP contribution >= 0.6 is 0 Å². The first kappa shape index (κ1) is 10.1. The number of hydrogen-bond donors (Lipinski definition) is 1. The van der Waals surface area contributed by atoms with Crippen molar-refractivity contribution in [2.75, 3.05) is 0 Å². The van der Waals surface area contributed by atoms with Crippen LogP contribution in [0.5, 0.6) is 0 Å². The summed E-state index contributed by atoms with van der Waals surface area (Å²) < 4.78 is 0. The lowest BCUT2D eigenvalue weighted by Crippen LogP contribution is -2.07. The van der Waals surface area contributed by atoms with Gasteiger partial charge in [0.25, 0.3) is 0 Å². The van der Waals surface area contributed by atoms with Crippen molar-refractivity contribution in [2.45, 2.75) is 12.8 Å². The molecular weight excluding hydrogens is 212 g/mol. The third-order valence-corrected chi connectivity index (χ3v) is 3.30. The van der Waals surface area contributed by atoms with Gasteiger partial charge in [0.05, 0.1) is 5.57 Å². The van der Waals surface area contributed by atoms with Crippen molar-refractivity contribution in [3.63, 3.8) is 0 Å². The van der Waals surface area contributed by atoms with E-state index in [2.05, 4.69) is 12.1 Å². The molecule has 0 saturated carbocycles. The number of carbonyl (C=O) groups is 1. The van der Waals surface area contributed by atoms with Crippen LogP contribution in [0.3, 0.4) is 0 Å². The second-order valence-corrected chi connectivity index (χ2v) is 4.27. The standard InChI is InChI=1S/C15H12O2/c16-15(17)14-7-3-6-12-11-5-2-1-4-10(11)8-9-13(12)14/h1-2,4-5,7-9H,3,6H2,(H,16,17). The third-order valence-electron chi connectivity index (χ3n) is 3.30. The first-order valence-corrected chi connectivity index (χ1v) is 5.72. The van der Waals surface area contributed by atoms with Gasteiger partial charge in [0, 0.05) is 0 Å². The molecule has 0 unspecified atom stereocenters. The number of carboxylic acids is 1. The van der Waals surface area contributed by atoms with E-state index in [1.807, 2.05) is 30.3 Å². The molecule has 0 fully saturated rings. The van der Waals surface area contributed by atoms with Gasteiger partial charge in [-0.25, -0.2) is 4.79 Å². The van der Waals surface area contributed by atoms with Gasteiger partial charge < -0.3 is 5.11 Å². The van der Waals surface area contributed by atoms with Crippen molar-refractivity contribution in [3.8, 4) is 0 Å². The lowest BCUT2D eigenvalue weighted by Gasteiger charge is -2.17. The molecule has 0 aliphatic heterocycles. The van der Waals surface area contributed by atoms with E-state index >= 15 is 0 Å². The molecule has 0 spiro atoms. The summed E-state index contributed by atoms with van der Waals surface area (Å²) in [4.78, 5) is 11.2. The molecule has 0 amide bonds. The van der Waals surface area contributed by atoms with E-state index in [-0.39, 0.29) is 0 Å². The van der Waals surface area contributed by atoms with Gasteiger partial charge in [0.1, 0.15) is 0 Å². The van der Waals surface area contributed by atoms with Gasteiger partial charge >= 0.3 is 5.97 Å². The maximum absolute atomic E-state index is 11.2. The van der Waals surface area contributed by atoms with E-state index in [4.69, 9.17) is 0 Å². The molecule has 0 atom stereocenters. The second kappa shape index (κ2) is 3.74. The van der Waals surface area contributed by atoms with Gasteiger partial charge in [-0.15, -0.1) is 0 Å². The lowest BCUT2D eigenvalue weighted by atomic mass is 9.87. The zero-order chi connectivity index (χ0) is 11.8. The maximum Gasteiger partial charge on any atom is 0.335 e. The minimum absolute atomic E-state index is 0.442. The Balaban J connectivity index is 2.32. The van der Waals surface area contributed by atoms with Crippen LogP contribution in [0, 0.1) is 0 Å². The van der Waals surface area contributed by atoms with Gasteiger partial charge in [0.15, 0.2) is 0 Å². The Hall–Kier alpha value is -2.09. The van der Waals surface area contributed by atoms with Crippen molar-refractivity contribution >= 4 is 22.3 Å². The Kier molecular flexibility index (Phi) is 2.22. The quantitative estimate of drug-likeness (QED) is 0.807. The molecule has 17 heavy (non-hydrogen) atoms. The van der Waals surface area contributed by atoms with Crippen LogP contribution in [-0.4, -0.2) is 11.1 Å². The largest absolute Gasteiger partial charge is 0.478 e. The van der Waals surface area contributed by atoms with Gasteiger partial charge in [-0.1, -0.05) is 42.5 Å². The van der Waals surface area contributed by atoms with Crippen LogP contribution in [0.2, 0.25) is 0 Å². The van der Waals surface area contributed by atoms with Crippen LogP contribution in [-0.2, 0) is 11.2 Å². The molecule has 2 heteroatoms. The monoisotopic (exact) mass is 224 g/mol. The minimum Gasteiger partial charge on any atom is -0.478 e. The molecule has 0 heterocycles. The molecule has 0 bridgehead atoms. The molecule has 3 rings (SSSR count). The summed E-state index contributed by atoms with van der Waals surface area (Å²) in [5.74, 6) is -0.832. The summed E-state index contributed by atoms with van der Waals surface area (Å²) in [6.07, 6.45) is 3.55. The fourth-order valence-electron chi connectivity index (χ4n) is 2.53. The van der Waals surface area contributed by atoms with Crippen molar-refractivity contribution in [1.82, 2.24) is 0 Å². The first-order chi connectivity index (χ1) is 8.27. The van der Waals surface area contributed by atoms with Gasteiger partial charge in [0.2, 0.25) is 0 Å². The molecule has 0 aromatic heterocycles. The van der Waals surface area contributed by atoms with Crippen LogP contribution in [0.15, 0.2) is 42.5 Å². The van der Waals surface area contributed by atoms with Gasteiger partial charge in [-0.05, 0) is 34.7 Å². The first-order valence-electron chi connectivity index (χ1n) is 5.72. The molecule has 0 saturated heterocycles. The van der Waals surface area contributed by atoms with Crippen molar-refractivity contribution in [2.24, 2.45) is 0 Å². The molecule has 1 aliphatic rings. The summed E-state index contributed by atoms with van der Waals surface area (Å²) in [5, 5.41) is 11.5. The highest BCUT2D eigenvalue weighted by Crippen LogP contribution is 2.32. The Labute approximate surface area is 99.2 Å². The highest BCUT2D eigenvalue weighted by molar-refractivity contribution is 6.17. The lowest BCUT2D eigenvalue weighted by molar-refractivity contribution is -0.130. The SMILES string of the molecule is O=C(O)C1=CCCc2c1ccc1ccccc21. The maximum atomic E-state index is 11.2. The number of aryl methyl sites for hydroxylation is 1. The fraction of sp³-hybridized carbons (Fsp3) is 0.133. The van der Waals surface area contributed by atoms with Crippen molar-refractivity contribution in [3.05, 3.63) is 53.6 Å². The van der Waals surface area contributed by atoms with Crippen molar-refractivity contribution < 1.29 is 9.90 Å². The van der Waals surface area contributed by atoms with Crippen LogP contribution in [0.25, 0.3) is 16.3 Å². The van der Waals surface area contributed by atoms with E-state index in [0.717, 1.165) is 18.4 Å². The number of allylic oxidation sites excluding steroid dienone is 1. The van der Waals surface area contributed by atoms with Crippen LogP contribution in [0.4, 0.5) is 0 Å². The summed E-state index contributed by atoms with van der Waals surface area (Å²) >= 11 is 0. The van der Waals surface area contributed by atoms with E-state index in [1.54, 1.807) is 0 Å². The zero-order valence-electron chi connectivity index (χ0n) is 9.31. The molecule has 2 aromatic carbocycles. The molecule has 0 radical (unpaired) electrons. The molecule has 1 aliphatic carbocycles. The predicted octanol–water partition coefficient (Wildman–Crippen LogP) is 3.25. The normalized spacial score (nSPS) is 14.2. The number of hydrogen-bond acceptors (Lipinski definition) is 1. The molecule has 84 valence electrons. The Bertz CT molecular complexity index is 638.